The zero-order valence-corrected chi connectivity index (χ0v) is 11.5. The van der Waals surface area contributed by atoms with Gasteiger partial charge in [-0.2, -0.15) is 13.2 Å². The van der Waals surface area contributed by atoms with Crippen molar-refractivity contribution in [2.24, 2.45) is 0 Å². The van der Waals surface area contributed by atoms with E-state index in [1.54, 1.807) is 12.1 Å². The predicted octanol–water partition coefficient (Wildman–Crippen LogP) is 4.13. The van der Waals surface area contributed by atoms with Crippen molar-refractivity contribution in [3.8, 4) is 0 Å². The molecule has 0 fully saturated rings. The zero-order chi connectivity index (χ0) is 15.3. The fourth-order valence-electron chi connectivity index (χ4n) is 1.72. The van der Waals surface area contributed by atoms with E-state index < -0.39 is 11.7 Å². The van der Waals surface area contributed by atoms with Gasteiger partial charge in [-0.3, -0.25) is 0 Å². The lowest BCUT2D eigenvalue weighted by atomic mass is 10.2. The van der Waals surface area contributed by atoms with Gasteiger partial charge >= 0.3 is 6.18 Å². The molecule has 0 saturated heterocycles. The molecule has 0 spiro atoms. The third-order valence-corrected chi connectivity index (χ3v) is 2.73. The monoisotopic (exact) mass is 299 g/mol. The van der Waals surface area contributed by atoms with Crippen LogP contribution >= 0.6 is 0 Å². The molecule has 2 aromatic rings. The summed E-state index contributed by atoms with van der Waals surface area (Å²) in [6.07, 6.45) is -2.11. The maximum atomic E-state index is 12.9. The van der Waals surface area contributed by atoms with Crippen LogP contribution in [0, 0.1) is 0 Å². The summed E-state index contributed by atoms with van der Waals surface area (Å²) in [6.45, 7) is 2.76. The standard InChI is InChI=1S/C14H16F3N3O/c1-2-5-18-12-7-10(14(15,16)17)8-13(20-12)19-9-11-4-3-6-21-11/h3-4,6-8H,2,5,9H2,1H3,(H2,18,19,20). The molecule has 0 saturated carbocycles. The van der Waals surface area contributed by atoms with E-state index in [9.17, 15) is 13.2 Å². The Labute approximate surface area is 120 Å². The molecule has 0 aliphatic heterocycles. The third-order valence-electron chi connectivity index (χ3n) is 2.73. The van der Waals surface area contributed by atoms with Crippen LogP contribution in [0.25, 0.3) is 0 Å². The van der Waals surface area contributed by atoms with Crippen molar-refractivity contribution >= 4 is 11.6 Å². The Hall–Kier alpha value is -2.18. The molecular weight excluding hydrogens is 283 g/mol. The van der Waals surface area contributed by atoms with Gasteiger partial charge in [-0.05, 0) is 30.7 Å². The number of nitrogens with one attached hydrogen (secondary N) is 2. The molecule has 2 N–H and O–H groups in total. The molecule has 2 aromatic heterocycles. The van der Waals surface area contributed by atoms with E-state index in [1.165, 1.54) is 6.26 Å². The van der Waals surface area contributed by atoms with Gasteiger partial charge in [-0.25, -0.2) is 4.98 Å². The molecular formula is C14H16F3N3O. The van der Waals surface area contributed by atoms with Crippen molar-refractivity contribution < 1.29 is 17.6 Å². The number of halogens is 3. The molecule has 0 atom stereocenters. The Morgan fingerprint density at radius 3 is 2.48 bits per heavy atom. The average molecular weight is 299 g/mol. The number of rotatable bonds is 6. The van der Waals surface area contributed by atoms with Crippen molar-refractivity contribution in [1.82, 2.24) is 4.98 Å². The molecule has 0 radical (unpaired) electrons. The molecule has 0 aliphatic rings. The minimum absolute atomic E-state index is 0.153. The van der Waals surface area contributed by atoms with E-state index in [0.29, 0.717) is 12.3 Å². The molecule has 2 heterocycles. The Balaban J connectivity index is 2.17. The average Bonchev–Trinajstić information content (AvgIpc) is 2.95. The van der Waals surface area contributed by atoms with E-state index in [-0.39, 0.29) is 18.2 Å². The quantitative estimate of drug-likeness (QED) is 0.842. The van der Waals surface area contributed by atoms with Crippen molar-refractivity contribution in [3.63, 3.8) is 0 Å². The normalized spacial score (nSPS) is 11.4. The first-order valence-corrected chi connectivity index (χ1v) is 6.58. The Morgan fingerprint density at radius 2 is 1.90 bits per heavy atom. The highest BCUT2D eigenvalue weighted by atomic mass is 19.4. The number of hydrogen-bond acceptors (Lipinski definition) is 4. The molecule has 0 aromatic carbocycles. The van der Waals surface area contributed by atoms with Crippen LogP contribution in [0.4, 0.5) is 24.8 Å². The van der Waals surface area contributed by atoms with Crippen LogP contribution in [0.2, 0.25) is 0 Å². The summed E-state index contributed by atoms with van der Waals surface area (Å²) in [5, 5.41) is 5.70. The van der Waals surface area contributed by atoms with Gasteiger partial charge in [-0.15, -0.1) is 0 Å². The highest BCUT2D eigenvalue weighted by molar-refractivity contribution is 5.49. The second-order valence-corrected chi connectivity index (χ2v) is 4.48. The highest BCUT2D eigenvalue weighted by Crippen LogP contribution is 2.32. The number of aromatic nitrogens is 1. The molecule has 7 heteroatoms. The van der Waals surface area contributed by atoms with E-state index in [0.717, 1.165) is 18.6 Å². The second kappa shape index (κ2) is 6.51. The van der Waals surface area contributed by atoms with Gasteiger partial charge in [0.25, 0.3) is 0 Å². The van der Waals surface area contributed by atoms with Crippen LogP contribution in [0.5, 0.6) is 0 Å². The summed E-state index contributed by atoms with van der Waals surface area (Å²) in [6, 6.07) is 5.44. The van der Waals surface area contributed by atoms with E-state index >= 15 is 0 Å². The maximum Gasteiger partial charge on any atom is 0.416 e. The Morgan fingerprint density at radius 1 is 1.19 bits per heavy atom. The van der Waals surface area contributed by atoms with Crippen molar-refractivity contribution in [1.29, 1.82) is 0 Å². The van der Waals surface area contributed by atoms with Gasteiger partial charge in [0, 0.05) is 6.54 Å². The first-order chi connectivity index (χ1) is 9.99. The summed E-state index contributed by atoms with van der Waals surface area (Å²) in [5.41, 5.74) is -0.738. The fraction of sp³-hybridized carbons (Fsp3) is 0.357. The SMILES string of the molecule is CCCNc1cc(C(F)(F)F)cc(NCc2ccco2)n1. The van der Waals surface area contributed by atoms with Crippen LogP contribution in [0.3, 0.4) is 0 Å². The molecule has 0 amide bonds. The molecule has 21 heavy (non-hydrogen) atoms. The van der Waals surface area contributed by atoms with Crippen LogP contribution in [0.15, 0.2) is 34.9 Å². The summed E-state index contributed by atoms with van der Waals surface area (Å²) in [5.74, 6) is 0.978. The smallest absolute Gasteiger partial charge is 0.416 e. The van der Waals surface area contributed by atoms with Gasteiger partial charge < -0.3 is 15.1 Å². The number of anilines is 2. The number of alkyl halides is 3. The summed E-state index contributed by atoms with van der Waals surface area (Å²) < 4.78 is 43.8. The van der Waals surface area contributed by atoms with Gasteiger partial charge in [0.15, 0.2) is 0 Å². The lowest BCUT2D eigenvalue weighted by molar-refractivity contribution is -0.137. The summed E-state index contributed by atoms with van der Waals surface area (Å²) in [4.78, 5) is 4.12. The van der Waals surface area contributed by atoms with Gasteiger partial charge in [0.1, 0.15) is 17.4 Å². The third kappa shape index (κ3) is 4.40. The largest absolute Gasteiger partial charge is 0.467 e. The first-order valence-electron chi connectivity index (χ1n) is 6.58. The van der Waals surface area contributed by atoms with Crippen molar-refractivity contribution in [3.05, 3.63) is 41.9 Å². The van der Waals surface area contributed by atoms with Crippen LogP contribution in [-0.2, 0) is 12.7 Å². The van der Waals surface area contributed by atoms with Gasteiger partial charge in [-0.1, -0.05) is 6.92 Å². The van der Waals surface area contributed by atoms with E-state index in [2.05, 4.69) is 15.6 Å². The Kier molecular flexibility index (Phi) is 4.72. The van der Waals surface area contributed by atoms with Crippen LogP contribution in [0.1, 0.15) is 24.7 Å². The van der Waals surface area contributed by atoms with Gasteiger partial charge in [0.2, 0.25) is 0 Å². The first kappa shape index (κ1) is 15.2. The van der Waals surface area contributed by atoms with E-state index in [1.807, 2.05) is 6.92 Å². The molecule has 4 nitrogen and oxygen atoms in total. The van der Waals surface area contributed by atoms with Gasteiger partial charge in [0.05, 0.1) is 18.4 Å². The fourth-order valence-corrected chi connectivity index (χ4v) is 1.72. The molecule has 0 aliphatic carbocycles. The molecule has 114 valence electrons. The lowest BCUT2D eigenvalue weighted by Crippen LogP contribution is -2.11. The van der Waals surface area contributed by atoms with Crippen LogP contribution < -0.4 is 10.6 Å². The topological polar surface area (TPSA) is 50.1 Å². The lowest BCUT2D eigenvalue weighted by Gasteiger charge is -2.13. The predicted molar refractivity (Wildman–Crippen MR) is 74.1 cm³/mol. The summed E-state index contributed by atoms with van der Waals surface area (Å²) >= 11 is 0. The highest BCUT2D eigenvalue weighted by Gasteiger charge is 2.31. The number of nitrogens with zero attached hydrogens (tertiary/aromatic N) is 1. The molecule has 0 bridgehead atoms. The minimum atomic E-state index is -4.41. The number of hydrogen-bond donors (Lipinski definition) is 2. The number of pyridine rings is 1. The van der Waals surface area contributed by atoms with Crippen LogP contribution in [-0.4, -0.2) is 11.5 Å². The molecule has 2 rings (SSSR count). The van der Waals surface area contributed by atoms with Crippen molar-refractivity contribution in [2.75, 3.05) is 17.2 Å². The number of furan rings is 1. The zero-order valence-electron chi connectivity index (χ0n) is 11.5. The summed E-state index contributed by atoms with van der Waals surface area (Å²) in [7, 11) is 0. The second-order valence-electron chi connectivity index (χ2n) is 4.48. The Bertz CT molecular complexity index is 567. The van der Waals surface area contributed by atoms with Crippen molar-refractivity contribution in [2.45, 2.75) is 26.1 Å². The minimum Gasteiger partial charge on any atom is -0.467 e. The molecule has 0 unspecified atom stereocenters. The van der Waals surface area contributed by atoms with E-state index in [4.69, 9.17) is 4.42 Å². The maximum absolute atomic E-state index is 12.9.